The summed E-state index contributed by atoms with van der Waals surface area (Å²) in [4.78, 5) is 24.1. The van der Waals surface area contributed by atoms with E-state index in [1.54, 1.807) is 19.9 Å². The zero-order valence-corrected chi connectivity index (χ0v) is 15.4. The van der Waals surface area contributed by atoms with Gasteiger partial charge in [-0.05, 0) is 37.0 Å². The molecule has 0 unspecified atom stereocenters. The molecule has 7 heteroatoms. The molecule has 1 aromatic carbocycles. The number of carbonyl (C=O) groups is 2. The number of hydrogen-bond donors (Lipinski definition) is 2. The zero-order valence-electron chi connectivity index (χ0n) is 14.5. The molecule has 1 aromatic rings. The Labute approximate surface area is 143 Å². The lowest BCUT2D eigenvalue weighted by Gasteiger charge is -2.27. The highest BCUT2D eigenvalue weighted by Crippen LogP contribution is 2.26. The minimum atomic E-state index is -3.42. The number of rotatable bonds is 8. The first kappa shape index (κ1) is 20.2. The van der Waals surface area contributed by atoms with E-state index in [9.17, 15) is 23.1 Å². The highest BCUT2D eigenvalue weighted by Gasteiger charge is 2.35. The molecule has 0 bridgehead atoms. The maximum Gasteiger partial charge on any atom is 0.311 e. The van der Waals surface area contributed by atoms with Crippen molar-refractivity contribution in [2.24, 2.45) is 5.41 Å². The van der Waals surface area contributed by atoms with Gasteiger partial charge < -0.3 is 10.4 Å². The molecule has 0 aliphatic carbocycles. The largest absolute Gasteiger partial charge is 0.481 e. The van der Waals surface area contributed by atoms with Gasteiger partial charge >= 0.3 is 5.97 Å². The van der Waals surface area contributed by atoms with Gasteiger partial charge in [-0.25, -0.2) is 8.42 Å². The van der Waals surface area contributed by atoms with Crippen molar-refractivity contribution in [1.82, 2.24) is 5.32 Å². The van der Waals surface area contributed by atoms with Gasteiger partial charge in [0, 0.05) is 18.4 Å². The molecule has 0 saturated heterocycles. The summed E-state index contributed by atoms with van der Waals surface area (Å²) >= 11 is 0. The number of benzene rings is 1. The molecule has 24 heavy (non-hydrogen) atoms. The van der Waals surface area contributed by atoms with Crippen LogP contribution in [0.4, 0.5) is 0 Å². The molecule has 2 N–H and O–H groups in total. The van der Waals surface area contributed by atoms with E-state index < -0.39 is 27.1 Å². The third-order valence-corrected chi connectivity index (χ3v) is 5.64. The number of carbonyl (C=O) groups excluding carboxylic acids is 1. The van der Waals surface area contributed by atoms with Gasteiger partial charge in [0.25, 0.3) is 5.91 Å². The van der Waals surface area contributed by atoms with Gasteiger partial charge in [0.2, 0.25) is 0 Å². The molecule has 0 radical (unpaired) electrons. The molecule has 6 nitrogen and oxygen atoms in total. The summed E-state index contributed by atoms with van der Waals surface area (Å²) in [5, 5.41) is 12.1. The highest BCUT2D eigenvalue weighted by molar-refractivity contribution is 7.90. The van der Waals surface area contributed by atoms with Crippen molar-refractivity contribution in [3.05, 3.63) is 29.3 Å². The third kappa shape index (κ3) is 4.35. The summed E-state index contributed by atoms with van der Waals surface area (Å²) in [7, 11) is -3.42. The number of carboxylic acid groups (broad SMARTS) is 1. The predicted molar refractivity (Wildman–Crippen MR) is 91.9 cm³/mol. The number of aryl methyl sites for hydroxylation is 1. The van der Waals surface area contributed by atoms with Crippen LogP contribution in [0, 0.1) is 5.41 Å². The Kier molecular flexibility index (Phi) is 6.54. The molecule has 0 saturated carbocycles. The Hall–Kier alpha value is -1.89. The molecule has 0 atom stereocenters. The monoisotopic (exact) mass is 355 g/mol. The van der Waals surface area contributed by atoms with Crippen molar-refractivity contribution in [2.45, 2.75) is 44.9 Å². The van der Waals surface area contributed by atoms with Gasteiger partial charge in [-0.2, -0.15) is 0 Å². The lowest BCUT2D eigenvalue weighted by atomic mass is 9.82. The summed E-state index contributed by atoms with van der Waals surface area (Å²) in [6.45, 7) is 5.41. The molecule has 1 rings (SSSR count). The second-order valence-corrected chi connectivity index (χ2v) is 7.94. The van der Waals surface area contributed by atoms with E-state index in [-0.39, 0.29) is 17.0 Å². The Morgan fingerprint density at radius 2 is 1.75 bits per heavy atom. The van der Waals surface area contributed by atoms with Crippen molar-refractivity contribution in [2.75, 3.05) is 12.8 Å². The summed E-state index contributed by atoms with van der Waals surface area (Å²) < 4.78 is 23.4. The number of carboxylic acids is 1. The number of amides is 1. The van der Waals surface area contributed by atoms with E-state index in [1.165, 1.54) is 12.1 Å². The molecule has 0 fully saturated rings. The summed E-state index contributed by atoms with van der Waals surface area (Å²) in [6.07, 6.45) is 2.43. The second kappa shape index (κ2) is 7.79. The Morgan fingerprint density at radius 1 is 1.17 bits per heavy atom. The van der Waals surface area contributed by atoms with Crippen LogP contribution in [0.25, 0.3) is 0 Å². The zero-order chi connectivity index (χ0) is 18.5. The van der Waals surface area contributed by atoms with Crippen LogP contribution in [0.1, 0.15) is 49.5 Å². The highest BCUT2D eigenvalue weighted by atomic mass is 32.2. The minimum Gasteiger partial charge on any atom is -0.481 e. The summed E-state index contributed by atoms with van der Waals surface area (Å²) in [5.74, 6) is -1.40. The summed E-state index contributed by atoms with van der Waals surface area (Å²) in [5.41, 5.74) is -0.0306. The van der Waals surface area contributed by atoms with Gasteiger partial charge in [0.1, 0.15) is 0 Å². The van der Waals surface area contributed by atoms with Crippen molar-refractivity contribution in [3.63, 3.8) is 0 Å². The first-order valence-corrected chi connectivity index (χ1v) is 9.85. The molecule has 0 spiro atoms. The number of aliphatic carboxylic acids is 1. The predicted octanol–water partition coefficient (Wildman–Crippen LogP) is 2.27. The van der Waals surface area contributed by atoms with E-state index in [0.29, 0.717) is 24.8 Å². The van der Waals surface area contributed by atoms with Gasteiger partial charge in [-0.1, -0.05) is 26.8 Å². The van der Waals surface area contributed by atoms with Crippen molar-refractivity contribution >= 4 is 21.7 Å². The van der Waals surface area contributed by atoms with Gasteiger partial charge in [0.15, 0.2) is 9.84 Å². The van der Waals surface area contributed by atoms with Gasteiger partial charge in [-0.3, -0.25) is 9.59 Å². The quantitative estimate of drug-likeness (QED) is 0.745. The van der Waals surface area contributed by atoms with E-state index >= 15 is 0 Å². The SMILES string of the molecule is CCc1ccc(S(C)(=O)=O)cc1C(=O)NCC(CC)(CC)C(=O)O. The maximum atomic E-state index is 12.5. The average molecular weight is 355 g/mol. The molecule has 0 aliphatic heterocycles. The number of hydrogen-bond acceptors (Lipinski definition) is 4. The second-order valence-electron chi connectivity index (χ2n) is 5.92. The number of sulfone groups is 1. The maximum absolute atomic E-state index is 12.5. The van der Waals surface area contributed by atoms with E-state index in [4.69, 9.17) is 0 Å². The Morgan fingerprint density at radius 3 is 2.17 bits per heavy atom. The molecule has 134 valence electrons. The molecular weight excluding hydrogens is 330 g/mol. The normalized spacial score (nSPS) is 12.0. The van der Waals surface area contributed by atoms with Crippen LogP contribution in [0.3, 0.4) is 0 Å². The number of nitrogens with one attached hydrogen (secondary N) is 1. The lowest BCUT2D eigenvalue weighted by Crippen LogP contribution is -2.42. The van der Waals surface area contributed by atoms with Crippen molar-refractivity contribution < 1.29 is 23.1 Å². The van der Waals surface area contributed by atoms with Crippen LogP contribution >= 0.6 is 0 Å². The first-order chi connectivity index (χ1) is 11.1. The Balaban J connectivity index is 3.13. The van der Waals surface area contributed by atoms with Crippen LogP contribution in [-0.2, 0) is 21.1 Å². The van der Waals surface area contributed by atoms with Crippen LogP contribution in [0.5, 0.6) is 0 Å². The Bertz CT molecular complexity index is 720. The van der Waals surface area contributed by atoms with Crippen molar-refractivity contribution in [3.8, 4) is 0 Å². The molecule has 0 aromatic heterocycles. The smallest absolute Gasteiger partial charge is 0.311 e. The minimum absolute atomic E-state index is 0.000420. The lowest BCUT2D eigenvalue weighted by molar-refractivity contribution is -0.149. The van der Waals surface area contributed by atoms with Gasteiger partial charge in [-0.15, -0.1) is 0 Å². The van der Waals surface area contributed by atoms with E-state index in [1.807, 2.05) is 6.92 Å². The molecular formula is C17H25NO5S. The fourth-order valence-corrected chi connectivity index (χ4v) is 3.18. The average Bonchev–Trinajstić information content (AvgIpc) is 2.54. The third-order valence-electron chi connectivity index (χ3n) is 4.53. The topological polar surface area (TPSA) is 101 Å². The summed E-state index contributed by atoms with van der Waals surface area (Å²) in [6, 6.07) is 4.45. The fraction of sp³-hybridized carbons (Fsp3) is 0.529. The molecule has 0 heterocycles. The first-order valence-electron chi connectivity index (χ1n) is 7.95. The van der Waals surface area contributed by atoms with E-state index in [2.05, 4.69) is 5.32 Å². The van der Waals surface area contributed by atoms with Gasteiger partial charge in [0.05, 0.1) is 10.3 Å². The molecule has 0 aliphatic rings. The standard InChI is InChI=1S/C17H25NO5S/c1-5-12-8-9-13(24(4,22)23)10-14(12)15(19)18-11-17(6-2,7-3)16(20)21/h8-10H,5-7,11H2,1-4H3,(H,18,19)(H,20,21). The molecule has 1 amide bonds. The van der Waals surface area contributed by atoms with Crippen LogP contribution in [0.15, 0.2) is 23.1 Å². The van der Waals surface area contributed by atoms with Crippen molar-refractivity contribution in [1.29, 1.82) is 0 Å². The fourth-order valence-electron chi connectivity index (χ4n) is 2.53. The van der Waals surface area contributed by atoms with Crippen LogP contribution in [0.2, 0.25) is 0 Å². The van der Waals surface area contributed by atoms with Crippen LogP contribution in [-0.4, -0.2) is 38.2 Å². The van der Waals surface area contributed by atoms with Crippen LogP contribution < -0.4 is 5.32 Å². The van der Waals surface area contributed by atoms with E-state index in [0.717, 1.165) is 6.26 Å².